The van der Waals surface area contributed by atoms with E-state index in [1.54, 1.807) is 6.20 Å². The number of likely N-dealkylation sites (tertiary alicyclic amines) is 1. The van der Waals surface area contributed by atoms with Crippen LogP contribution >= 0.6 is 0 Å². The van der Waals surface area contributed by atoms with E-state index in [1.807, 2.05) is 4.90 Å². The van der Waals surface area contributed by atoms with Crippen molar-refractivity contribution in [1.82, 2.24) is 19.2 Å². The molecule has 2 aliphatic rings. The molecule has 0 unspecified atom stereocenters. The summed E-state index contributed by atoms with van der Waals surface area (Å²) in [5, 5.41) is 0. The van der Waals surface area contributed by atoms with Gasteiger partial charge in [-0.05, 0) is 25.7 Å². The predicted octanol–water partition coefficient (Wildman–Crippen LogP) is 0.527. The number of methoxy groups -OCH3 is 1. The van der Waals surface area contributed by atoms with Gasteiger partial charge in [-0.2, -0.15) is 0 Å². The van der Waals surface area contributed by atoms with Crippen LogP contribution in [-0.4, -0.2) is 79.1 Å². The highest BCUT2D eigenvalue weighted by Crippen LogP contribution is 2.26. The number of rotatable bonds is 5. The maximum atomic E-state index is 12.9. The van der Waals surface area contributed by atoms with Crippen molar-refractivity contribution in [3.05, 3.63) is 12.4 Å². The molecule has 0 bridgehead atoms. The van der Waals surface area contributed by atoms with Gasteiger partial charge in [-0.3, -0.25) is 4.79 Å². The Morgan fingerprint density at radius 2 is 1.78 bits per heavy atom. The lowest BCUT2D eigenvalue weighted by molar-refractivity contribution is -0.139. The molecule has 10 heteroatoms. The van der Waals surface area contributed by atoms with Crippen molar-refractivity contribution in [3.63, 3.8) is 0 Å². The van der Waals surface area contributed by atoms with Gasteiger partial charge in [0.1, 0.15) is 6.10 Å². The summed E-state index contributed by atoms with van der Waals surface area (Å²) in [7, 11) is -1.68. The Bertz CT molecular complexity index is 764. The van der Waals surface area contributed by atoms with Crippen LogP contribution in [0.5, 0.6) is 11.8 Å². The Morgan fingerprint density at radius 1 is 1.11 bits per heavy atom. The number of piperidine rings is 2. The van der Waals surface area contributed by atoms with Gasteiger partial charge in [0.25, 0.3) is 11.8 Å². The van der Waals surface area contributed by atoms with Gasteiger partial charge in [-0.15, -0.1) is 0 Å². The molecular formula is C17H26N4O5S. The molecule has 1 atom stereocenters. The summed E-state index contributed by atoms with van der Waals surface area (Å²) < 4.78 is 35.8. The zero-order valence-corrected chi connectivity index (χ0v) is 16.5. The van der Waals surface area contributed by atoms with Crippen molar-refractivity contribution in [3.8, 4) is 11.8 Å². The van der Waals surface area contributed by atoms with Gasteiger partial charge in [0.2, 0.25) is 15.9 Å². The van der Waals surface area contributed by atoms with Gasteiger partial charge >= 0.3 is 0 Å². The summed E-state index contributed by atoms with van der Waals surface area (Å²) in [6.07, 6.45) is 6.92. The van der Waals surface area contributed by atoms with Crippen LogP contribution in [0, 0.1) is 5.92 Å². The Kier molecular flexibility index (Phi) is 6.15. The highest BCUT2D eigenvalue weighted by Gasteiger charge is 2.34. The molecule has 27 heavy (non-hydrogen) atoms. The minimum Gasteiger partial charge on any atom is -0.477 e. The van der Waals surface area contributed by atoms with Crippen molar-refractivity contribution in [1.29, 1.82) is 0 Å². The van der Waals surface area contributed by atoms with Crippen LogP contribution < -0.4 is 9.47 Å². The van der Waals surface area contributed by atoms with Crippen LogP contribution in [0.4, 0.5) is 0 Å². The molecule has 1 aromatic rings. The second-order valence-electron chi connectivity index (χ2n) is 6.97. The summed E-state index contributed by atoms with van der Waals surface area (Å²) in [6, 6.07) is 0. The first kappa shape index (κ1) is 19.8. The van der Waals surface area contributed by atoms with E-state index in [0.29, 0.717) is 50.8 Å². The summed E-state index contributed by atoms with van der Waals surface area (Å²) in [5.74, 6) is 0.616. The molecule has 0 saturated carbocycles. The normalized spacial score (nSPS) is 22.4. The van der Waals surface area contributed by atoms with Crippen LogP contribution in [0.25, 0.3) is 0 Å². The molecular weight excluding hydrogens is 372 g/mol. The standard InChI is InChI=1S/C17H26N4O5S/c1-25-15-16(19-8-7-18-15)26-14-4-3-9-20(12-14)17(22)13-5-10-21(11-6-13)27(2,23)24/h7-8,13-14H,3-6,9-12H2,1-2H3/t14-/m0/s1. The number of nitrogens with zero attached hydrogens (tertiary/aromatic N) is 4. The molecule has 2 fully saturated rings. The highest BCUT2D eigenvalue weighted by molar-refractivity contribution is 7.88. The lowest BCUT2D eigenvalue weighted by atomic mass is 9.95. The van der Waals surface area contributed by atoms with Gasteiger partial charge in [0, 0.05) is 37.9 Å². The number of carbonyl (C=O) groups excluding carboxylic acids is 1. The number of ether oxygens (including phenoxy) is 2. The van der Waals surface area contributed by atoms with Crippen LogP contribution in [0.1, 0.15) is 25.7 Å². The number of amides is 1. The number of sulfonamides is 1. The second kappa shape index (κ2) is 8.39. The van der Waals surface area contributed by atoms with Gasteiger partial charge in [-0.25, -0.2) is 22.7 Å². The fourth-order valence-corrected chi connectivity index (χ4v) is 4.49. The minimum atomic E-state index is -3.19. The smallest absolute Gasteiger partial charge is 0.278 e. The molecule has 0 spiro atoms. The summed E-state index contributed by atoms with van der Waals surface area (Å²) >= 11 is 0. The van der Waals surface area contributed by atoms with E-state index < -0.39 is 10.0 Å². The molecule has 150 valence electrons. The first-order chi connectivity index (χ1) is 12.9. The maximum Gasteiger partial charge on any atom is 0.278 e. The van der Waals surface area contributed by atoms with E-state index in [9.17, 15) is 13.2 Å². The first-order valence-corrected chi connectivity index (χ1v) is 11.0. The third-order valence-electron chi connectivity index (χ3n) is 5.07. The minimum absolute atomic E-state index is 0.0857. The van der Waals surface area contributed by atoms with E-state index >= 15 is 0 Å². The molecule has 2 aliphatic heterocycles. The van der Waals surface area contributed by atoms with Crippen molar-refractivity contribution >= 4 is 15.9 Å². The first-order valence-electron chi connectivity index (χ1n) is 9.14. The largest absolute Gasteiger partial charge is 0.477 e. The van der Waals surface area contributed by atoms with Gasteiger partial charge in [0.05, 0.1) is 19.9 Å². The Hall–Kier alpha value is -1.94. The average Bonchev–Trinajstić information content (AvgIpc) is 2.67. The van der Waals surface area contributed by atoms with E-state index in [1.165, 1.54) is 23.9 Å². The molecule has 0 radical (unpaired) electrons. The van der Waals surface area contributed by atoms with Crippen molar-refractivity contribution in [2.45, 2.75) is 31.8 Å². The van der Waals surface area contributed by atoms with Crippen LogP contribution in [0.3, 0.4) is 0 Å². The molecule has 0 N–H and O–H groups in total. The van der Waals surface area contributed by atoms with Crippen LogP contribution in [0.15, 0.2) is 12.4 Å². The van der Waals surface area contributed by atoms with Crippen molar-refractivity contribution in [2.24, 2.45) is 5.92 Å². The zero-order chi connectivity index (χ0) is 19.4. The number of aromatic nitrogens is 2. The Labute approximate surface area is 159 Å². The maximum absolute atomic E-state index is 12.9. The number of hydrogen-bond acceptors (Lipinski definition) is 7. The summed E-state index contributed by atoms with van der Waals surface area (Å²) in [4.78, 5) is 22.9. The monoisotopic (exact) mass is 398 g/mol. The molecule has 0 aromatic carbocycles. The zero-order valence-electron chi connectivity index (χ0n) is 15.7. The van der Waals surface area contributed by atoms with E-state index in [-0.39, 0.29) is 17.9 Å². The lowest BCUT2D eigenvalue weighted by Crippen LogP contribution is -2.49. The second-order valence-corrected chi connectivity index (χ2v) is 8.96. The lowest BCUT2D eigenvalue weighted by Gasteiger charge is -2.37. The number of carbonyl (C=O) groups is 1. The van der Waals surface area contributed by atoms with Crippen LogP contribution in [0.2, 0.25) is 0 Å². The Balaban J connectivity index is 1.57. The summed E-state index contributed by atoms with van der Waals surface area (Å²) in [5.41, 5.74) is 0. The SMILES string of the molecule is COc1nccnc1O[C@H]1CCCN(C(=O)C2CCN(S(C)(=O)=O)CC2)C1. The molecule has 1 aromatic heterocycles. The molecule has 9 nitrogen and oxygen atoms in total. The van der Waals surface area contributed by atoms with Crippen molar-refractivity contribution in [2.75, 3.05) is 39.5 Å². The molecule has 3 heterocycles. The van der Waals surface area contributed by atoms with Crippen LogP contribution in [-0.2, 0) is 14.8 Å². The predicted molar refractivity (Wildman–Crippen MR) is 98.0 cm³/mol. The fourth-order valence-electron chi connectivity index (χ4n) is 3.62. The topological polar surface area (TPSA) is 102 Å². The Morgan fingerprint density at radius 3 is 2.41 bits per heavy atom. The highest BCUT2D eigenvalue weighted by atomic mass is 32.2. The average molecular weight is 398 g/mol. The van der Waals surface area contributed by atoms with Crippen molar-refractivity contribution < 1.29 is 22.7 Å². The molecule has 2 saturated heterocycles. The quantitative estimate of drug-likeness (QED) is 0.713. The molecule has 3 rings (SSSR count). The molecule has 1 amide bonds. The van der Waals surface area contributed by atoms with Gasteiger partial charge in [-0.1, -0.05) is 0 Å². The van der Waals surface area contributed by atoms with E-state index in [2.05, 4.69) is 9.97 Å². The van der Waals surface area contributed by atoms with E-state index in [4.69, 9.17) is 9.47 Å². The number of hydrogen-bond donors (Lipinski definition) is 0. The van der Waals surface area contributed by atoms with Gasteiger partial charge < -0.3 is 14.4 Å². The third-order valence-corrected chi connectivity index (χ3v) is 6.37. The molecule has 0 aliphatic carbocycles. The van der Waals surface area contributed by atoms with E-state index in [0.717, 1.165) is 12.8 Å². The van der Waals surface area contributed by atoms with Gasteiger partial charge in [0.15, 0.2) is 0 Å². The third kappa shape index (κ3) is 4.86. The summed E-state index contributed by atoms with van der Waals surface area (Å²) in [6.45, 7) is 1.99. The fraction of sp³-hybridized carbons (Fsp3) is 0.706.